The number of Topliss-reactive ketones (excluding diaryl/α,β-unsaturated/α-hetero) is 1. The molecule has 0 aromatic heterocycles. The van der Waals surface area contributed by atoms with E-state index in [-0.39, 0.29) is 53.3 Å². The molecule has 11 aliphatic carbocycles. The molecule has 0 radical (unpaired) electrons. The molecule has 15 rings (SSSR count). The number of nitrogens with two attached hydrogens (primary N) is 1. The van der Waals surface area contributed by atoms with E-state index < -0.39 is 68.1 Å². The minimum Gasteiger partial charge on any atom is -0.396 e. The van der Waals surface area contributed by atoms with Gasteiger partial charge in [-0.25, -0.2) is 0 Å². The van der Waals surface area contributed by atoms with Gasteiger partial charge in [-0.2, -0.15) is 0 Å². The van der Waals surface area contributed by atoms with Crippen LogP contribution in [-0.4, -0.2) is 94.7 Å². The summed E-state index contributed by atoms with van der Waals surface area (Å²) in [5.74, 6) is 8.40. The first-order valence-electron chi connectivity index (χ1n) is 30.2. The highest BCUT2D eigenvalue weighted by atomic mass is 16.6. The third-order valence-corrected chi connectivity index (χ3v) is 25.5. The molecule has 3 aliphatic heterocycles. The molecule has 1 aromatic rings. The van der Waals surface area contributed by atoms with Crippen LogP contribution in [0.4, 0.5) is 0 Å². The Bertz CT molecular complexity index is 2850. The number of rotatable bonds is 10. The zero-order valence-corrected chi connectivity index (χ0v) is 46.2. The summed E-state index contributed by atoms with van der Waals surface area (Å²) in [6, 6.07) is 8.99. The highest BCUT2D eigenvalue weighted by molar-refractivity contribution is 6.01. The predicted octanol–water partition coefficient (Wildman–Crippen LogP) is 8.33. The normalized spacial score (nSPS) is 47.3. The van der Waals surface area contributed by atoms with E-state index in [4.69, 9.17) is 15.2 Å². The summed E-state index contributed by atoms with van der Waals surface area (Å²) in [4.78, 5) is 16.8. The largest absolute Gasteiger partial charge is 0.396 e. The van der Waals surface area contributed by atoms with Crippen molar-refractivity contribution in [3.8, 4) is 11.8 Å². The van der Waals surface area contributed by atoms with Crippen molar-refractivity contribution in [1.82, 2.24) is 10.6 Å². The molecule has 10 heteroatoms. The van der Waals surface area contributed by atoms with E-state index in [0.29, 0.717) is 57.0 Å². The monoisotopic (exact) mass is 1030 g/mol. The molecule has 76 heavy (non-hydrogen) atoms. The molecule has 1 aromatic carbocycles. The van der Waals surface area contributed by atoms with Crippen molar-refractivity contribution in [3.63, 3.8) is 0 Å². The van der Waals surface area contributed by atoms with Crippen LogP contribution in [0, 0.1) is 91.7 Å². The van der Waals surface area contributed by atoms with Crippen LogP contribution in [0.5, 0.6) is 0 Å². The Hall–Kier alpha value is -3.53. The standard InChI is InChI=1S/C66H87N3O7/c1-39-22-28-75-64(31-39,57-56(76-57)60(4,73)58(2,38-70)25-19-40-21-27-69-51(67)29-40)50-30-45-17-18-47-53-52-44(34-59(50,3)66(45,53)74)16-15-43-12-7-6-11-42(43)13-10-14-49-61(23-8-9-24-61)37-62-26-20-46-48(71)35-65(49,62)63(52,54(46)55(47)72)33-41(32-62)36-68-5/h6-7,11-12,20-21,26,29,32,39,44-46,48-50,52,54,56-57,68-71,73-74H,8-9,13,15-19,22-25,27-28,30-31,33-38,67H2,1-5H3. The smallest absolute Gasteiger partial charge is 0.163 e. The summed E-state index contributed by atoms with van der Waals surface area (Å²) in [5, 5.41) is 59.2. The summed E-state index contributed by atoms with van der Waals surface area (Å²) in [6.45, 7) is 10.4. The molecule has 5 saturated carbocycles. The fourth-order valence-corrected chi connectivity index (χ4v) is 22.4. The summed E-state index contributed by atoms with van der Waals surface area (Å²) in [5.41, 5.74) is 6.62. The number of hydrogen-bond acceptors (Lipinski definition) is 10. The van der Waals surface area contributed by atoms with Gasteiger partial charge in [0.1, 0.15) is 17.8 Å². The predicted molar refractivity (Wildman–Crippen MR) is 293 cm³/mol. The summed E-state index contributed by atoms with van der Waals surface area (Å²) in [6.07, 6.45) is 25.3. The number of hydrogen-bond donors (Lipinski definition) is 7. The lowest BCUT2D eigenvalue weighted by Gasteiger charge is -2.74. The van der Waals surface area contributed by atoms with Crippen molar-refractivity contribution in [1.29, 1.82) is 0 Å². The van der Waals surface area contributed by atoms with Gasteiger partial charge in [-0.05, 0) is 185 Å². The van der Waals surface area contributed by atoms with E-state index in [2.05, 4.69) is 91.9 Å². The summed E-state index contributed by atoms with van der Waals surface area (Å²) < 4.78 is 14.5. The number of aliphatic hydroxyl groups excluding tert-OH is 2. The molecule has 4 bridgehead atoms. The van der Waals surface area contributed by atoms with Crippen LogP contribution in [0.2, 0.25) is 0 Å². The zero-order chi connectivity index (χ0) is 52.6. The first-order chi connectivity index (χ1) is 36.4. The quantitative estimate of drug-likeness (QED) is 0.0688. The van der Waals surface area contributed by atoms with E-state index >= 15 is 9.90 Å². The fourth-order valence-electron chi connectivity index (χ4n) is 22.4. The molecule has 0 amide bonds. The van der Waals surface area contributed by atoms with Gasteiger partial charge in [-0.1, -0.05) is 99.6 Å². The number of aliphatic hydroxyl groups is 4. The molecule has 7 fully saturated rings. The van der Waals surface area contributed by atoms with Gasteiger partial charge in [0.05, 0.1) is 29.7 Å². The Morgan fingerprint density at radius 1 is 1.04 bits per heavy atom. The minimum atomic E-state index is -1.41. The van der Waals surface area contributed by atoms with Crippen molar-refractivity contribution >= 4 is 5.78 Å². The van der Waals surface area contributed by atoms with Gasteiger partial charge >= 0.3 is 0 Å². The van der Waals surface area contributed by atoms with Gasteiger partial charge in [0.25, 0.3) is 0 Å². The van der Waals surface area contributed by atoms with Crippen molar-refractivity contribution in [2.24, 2.45) is 85.6 Å². The molecule has 8 N–H and O–H groups in total. The Balaban J connectivity index is 0.952. The number of dihydropyridines is 1. The van der Waals surface area contributed by atoms with E-state index in [9.17, 15) is 15.3 Å². The maximum Gasteiger partial charge on any atom is 0.163 e. The number of epoxide rings is 1. The molecule has 14 aliphatic rings. The number of carbonyl (C=O) groups excluding carboxylic acids is 1. The Morgan fingerprint density at radius 2 is 1.84 bits per heavy atom. The van der Waals surface area contributed by atoms with Gasteiger partial charge in [0, 0.05) is 65.5 Å². The van der Waals surface area contributed by atoms with Crippen molar-refractivity contribution in [2.75, 3.05) is 33.4 Å². The van der Waals surface area contributed by atoms with Gasteiger partial charge in [0.2, 0.25) is 0 Å². The molecule has 19 atom stereocenters. The Labute approximate surface area is 452 Å². The van der Waals surface area contributed by atoms with E-state index in [1.54, 1.807) is 0 Å². The summed E-state index contributed by atoms with van der Waals surface area (Å²) >= 11 is 0. The van der Waals surface area contributed by atoms with Crippen LogP contribution in [0.15, 0.2) is 82.8 Å². The number of ether oxygens (including phenoxy) is 2. The van der Waals surface area contributed by atoms with E-state index in [1.165, 1.54) is 29.5 Å². The third kappa shape index (κ3) is 6.29. The maximum absolute atomic E-state index is 16.8. The molecule has 3 spiro atoms. The second-order valence-corrected chi connectivity index (χ2v) is 28.6. The van der Waals surface area contributed by atoms with Crippen molar-refractivity contribution < 1.29 is 34.7 Å². The van der Waals surface area contributed by atoms with E-state index in [0.717, 1.165) is 93.9 Å². The molecule has 2 saturated heterocycles. The molecule has 10 nitrogen and oxygen atoms in total. The van der Waals surface area contributed by atoms with Crippen LogP contribution in [0.1, 0.15) is 142 Å². The summed E-state index contributed by atoms with van der Waals surface area (Å²) in [7, 11) is 2.07. The SMILES string of the molecule is CNCC1=CC23C=CC4C(O)CC25C(C#CCc2ccccc2CCC2CC6(C)C(C7(C8OC8C(C)(O)C(C)(CO)CCC8=CCNC(N)=C8)CC(C)CCO7)CC7CCC8=C(C2C5(C1)C4C8=O)C76O)C1(CCCC1)C3. The number of aryl methyl sites for hydroxylation is 1. The molecular formula is C66H87N3O7. The lowest BCUT2D eigenvalue weighted by atomic mass is 9.29. The zero-order valence-electron chi connectivity index (χ0n) is 46.2. The Kier molecular flexibility index (Phi) is 11.3. The van der Waals surface area contributed by atoms with Gasteiger partial charge in [-0.3, -0.25) is 4.79 Å². The number of fused-ring (bicyclic) bond motifs is 3. The molecule has 408 valence electrons. The number of likely N-dealkylation sites (N-methyl/N-ethyl adjacent to an activating group) is 1. The average molecular weight is 1030 g/mol. The highest BCUT2D eigenvalue weighted by Crippen LogP contribution is 2.88. The first-order valence-corrected chi connectivity index (χ1v) is 30.2. The molecule has 3 heterocycles. The van der Waals surface area contributed by atoms with E-state index in [1.807, 2.05) is 19.9 Å². The lowest BCUT2D eigenvalue weighted by molar-refractivity contribution is -0.242. The minimum absolute atomic E-state index is 0.00988. The van der Waals surface area contributed by atoms with Crippen LogP contribution >= 0.6 is 0 Å². The van der Waals surface area contributed by atoms with Crippen LogP contribution in [0.3, 0.4) is 0 Å². The third-order valence-electron chi connectivity index (χ3n) is 25.5. The average Bonchev–Trinajstić information content (AvgIpc) is 4.06. The molecule has 19 unspecified atom stereocenters. The lowest BCUT2D eigenvalue weighted by Crippen LogP contribution is -2.74. The fraction of sp³-hybridized carbons (Fsp3) is 0.712. The number of allylic oxidation sites excluding steroid dienone is 5. The number of benzene rings is 1. The first kappa shape index (κ1) is 50.7. The van der Waals surface area contributed by atoms with Gasteiger partial charge in [0.15, 0.2) is 5.78 Å². The number of ketones is 1. The second kappa shape index (κ2) is 17.0. The van der Waals surface area contributed by atoms with Crippen LogP contribution in [0.25, 0.3) is 0 Å². The number of carbonyl (C=O) groups is 1. The van der Waals surface area contributed by atoms with Crippen LogP contribution in [-0.2, 0) is 27.1 Å². The van der Waals surface area contributed by atoms with Gasteiger partial charge in [-0.15, -0.1) is 0 Å². The van der Waals surface area contributed by atoms with Crippen LogP contribution < -0.4 is 16.4 Å². The highest BCUT2D eigenvalue weighted by Gasteiger charge is 2.86. The molecular weight excluding hydrogens is 947 g/mol. The maximum atomic E-state index is 16.8. The van der Waals surface area contributed by atoms with Gasteiger partial charge < -0.3 is 46.3 Å². The van der Waals surface area contributed by atoms with Crippen molar-refractivity contribution in [3.05, 3.63) is 93.9 Å². The Morgan fingerprint density at radius 3 is 2.61 bits per heavy atom. The topological polar surface area (TPSA) is 170 Å². The number of nitrogens with one attached hydrogen (secondary N) is 2. The second-order valence-electron chi connectivity index (χ2n) is 28.6. The van der Waals surface area contributed by atoms with Crippen molar-refractivity contribution in [2.45, 2.75) is 178 Å².